The second-order valence-corrected chi connectivity index (χ2v) is 8.41. The Labute approximate surface area is 172 Å². The van der Waals surface area contributed by atoms with Crippen LogP contribution in [0, 0.1) is 11.3 Å². The molecule has 1 aromatic carbocycles. The number of halogens is 1. The first-order chi connectivity index (χ1) is 13.2. The number of hydrogen-bond acceptors (Lipinski definition) is 4. The summed E-state index contributed by atoms with van der Waals surface area (Å²) in [5.41, 5.74) is 2.29. The Balaban J connectivity index is 1.50. The lowest BCUT2D eigenvalue weighted by atomic mass is 10.1. The maximum atomic E-state index is 12.2. The van der Waals surface area contributed by atoms with Gasteiger partial charge in [-0.1, -0.05) is 28.1 Å². The number of benzene rings is 1. The molecule has 0 bridgehead atoms. The molecule has 5 nitrogen and oxygen atoms in total. The molecule has 2 aromatic rings. The molecule has 27 heavy (non-hydrogen) atoms. The van der Waals surface area contributed by atoms with Crippen molar-refractivity contribution in [3.8, 4) is 17.2 Å². The maximum absolute atomic E-state index is 12.2. The van der Waals surface area contributed by atoms with Gasteiger partial charge < -0.3 is 10.2 Å². The fraction of sp³-hybridized carbons (Fsp3) is 0.400. The smallest absolute Gasteiger partial charge is 0.319 e. The minimum Gasteiger partial charge on any atom is -0.338 e. The molecule has 1 aliphatic heterocycles. The van der Waals surface area contributed by atoms with Gasteiger partial charge in [-0.25, -0.2) is 4.79 Å². The molecule has 1 aliphatic rings. The van der Waals surface area contributed by atoms with Crippen molar-refractivity contribution in [2.75, 3.05) is 31.5 Å². The molecule has 2 heterocycles. The van der Waals surface area contributed by atoms with E-state index in [4.69, 9.17) is 0 Å². The minimum atomic E-state index is -0.254. The molecule has 2 amide bonds. The third-order valence-electron chi connectivity index (χ3n) is 4.65. The molecule has 1 fully saturated rings. The van der Waals surface area contributed by atoms with Crippen molar-refractivity contribution in [3.05, 3.63) is 39.7 Å². The van der Waals surface area contributed by atoms with E-state index in [2.05, 4.69) is 37.5 Å². The van der Waals surface area contributed by atoms with E-state index in [1.54, 1.807) is 0 Å². The Hall–Kier alpha value is -1.88. The van der Waals surface area contributed by atoms with Crippen molar-refractivity contribution >= 4 is 38.3 Å². The third kappa shape index (κ3) is 5.55. The fourth-order valence-electron chi connectivity index (χ4n) is 3.25. The zero-order valence-electron chi connectivity index (χ0n) is 15.1. The van der Waals surface area contributed by atoms with E-state index in [1.165, 1.54) is 37.3 Å². The van der Waals surface area contributed by atoms with Crippen LogP contribution >= 0.6 is 27.3 Å². The molecule has 142 valence electrons. The van der Waals surface area contributed by atoms with Crippen LogP contribution < -0.4 is 10.6 Å². The standard InChI is InChI=1S/C20H23BrN4OS/c21-16-7-5-6-15(12-16)18-14-27-19(17(18)13-22)24-20(26)23-8-1-2-9-25-10-3-4-11-25/h5-7,12,14H,1-4,8-11H2,(H2,23,24,26). The second kappa shape index (κ2) is 9.88. The molecule has 0 spiro atoms. The van der Waals surface area contributed by atoms with Gasteiger partial charge in [0.15, 0.2) is 0 Å². The number of carbonyl (C=O) groups is 1. The van der Waals surface area contributed by atoms with E-state index in [1.807, 2.05) is 29.6 Å². The number of urea groups is 1. The lowest BCUT2D eigenvalue weighted by Crippen LogP contribution is -2.30. The van der Waals surface area contributed by atoms with E-state index >= 15 is 0 Å². The number of hydrogen-bond donors (Lipinski definition) is 2. The van der Waals surface area contributed by atoms with Gasteiger partial charge in [0, 0.05) is 22.0 Å². The average molecular weight is 447 g/mol. The van der Waals surface area contributed by atoms with Gasteiger partial charge in [-0.2, -0.15) is 5.26 Å². The Morgan fingerprint density at radius 1 is 1.30 bits per heavy atom. The Bertz CT molecular complexity index is 824. The first-order valence-electron chi connectivity index (χ1n) is 9.22. The number of carbonyl (C=O) groups excluding carboxylic acids is 1. The van der Waals surface area contributed by atoms with Crippen LogP contribution in [0.15, 0.2) is 34.1 Å². The lowest BCUT2D eigenvalue weighted by molar-refractivity contribution is 0.251. The van der Waals surface area contributed by atoms with Crippen LogP contribution in [-0.4, -0.2) is 37.1 Å². The molecule has 3 rings (SSSR count). The van der Waals surface area contributed by atoms with Crippen molar-refractivity contribution in [2.45, 2.75) is 25.7 Å². The van der Waals surface area contributed by atoms with Crippen LogP contribution in [0.1, 0.15) is 31.2 Å². The van der Waals surface area contributed by atoms with E-state index in [9.17, 15) is 10.1 Å². The Morgan fingerprint density at radius 2 is 2.11 bits per heavy atom. The lowest BCUT2D eigenvalue weighted by Gasteiger charge is -2.14. The SMILES string of the molecule is N#Cc1c(-c2cccc(Br)c2)csc1NC(=O)NCCCCN1CCCC1. The van der Waals surface area contributed by atoms with Crippen LogP contribution in [0.25, 0.3) is 11.1 Å². The summed E-state index contributed by atoms with van der Waals surface area (Å²) in [5.74, 6) is 0. The monoisotopic (exact) mass is 446 g/mol. The van der Waals surface area contributed by atoms with Crippen molar-refractivity contribution in [1.29, 1.82) is 5.26 Å². The normalized spacial score (nSPS) is 14.1. The summed E-state index contributed by atoms with van der Waals surface area (Å²) in [7, 11) is 0. The van der Waals surface area contributed by atoms with Crippen LogP contribution in [0.4, 0.5) is 9.80 Å². The predicted octanol–water partition coefficient (Wildman–Crippen LogP) is 5.05. The van der Waals surface area contributed by atoms with E-state index < -0.39 is 0 Å². The summed E-state index contributed by atoms with van der Waals surface area (Å²) in [6, 6.07) is 9.76. The molecule has 0 atom stereocenters. The van der Waals surface area contributed by atoms with E-state index in [0.29, 0.717) is 17.1 Å². The van der Waals surface area contributed by atoms with Crippen LogP contribution in [0.3, 0.4) is 0 Å². The number of unbranched alkanes of at least 4 members (excludes halogenated alkanes) is 1. The van der Waals surface area contributed by atoms with Gasteiger partial charge in [-0.15, -0.1) is 11.3 Å². The summed E-state index contributed by atoms with van der Waals surface area (Å²) in [6.07, 6.45) is 4.67. The quantitative estimate of drug-likeness (QED) is 0.584. The van der Waals surface area contributed by atoms with Crippen molar-refractivity contribution in [3.63, 3.8) is 0 Å². The van der Waals surface area contributed by atoms with Gasteiger partial charge in [0.1, 0.15) is 11.1 Å². The van der Waals surface area contributed by atoms with Gasteiger partial charge in [0.2, 0.25) is 0 Å². The first kappa shape index (κ1) is 19.9. The van der Waals surface area contributed by atoms with Crippen LogP contribution in [0.5, 0.6) is 0 Å². The Kier molecular flexibility index (Phi) is 7.27. The summed E-state index contributed by atoms with van der Waals surface area (Å²) in [5, 5.41) is 17.8. The number of amides is 2. The van der Waals surface area contributed by atoms with Gasteiger partial charge in [0.05, 0.1) is 5.56 Å². The summed E-state index contributed by atoms with van der Waals surface area (Å²) in [4.78, 5) is 14.6. The number of thiophene rings is 1. The topological polar surface area (TPSA) is 68.2 Å². The number of nitriles is 1. The molecule has 2 N–H and O–H groups in total. The highest BCUT2D eigenvalue weighted by Crippen LogP contribution is 2.35. The zero-order valence-corrected chi connectivity index (χ0v) is 17.5. The van der Waals surface area contributed by atoms with Gasteiger partial charge >= 0.3 is 6.03 Å². The van der Waals surface area contributed by atoms with Gasteiger partial charge in [0.25, 0.3) is 0 Å². The molecule has 0 saturated carbocycles. The number of likely N-dealkylation sites (tertiary alicyclic amines) is 1. The largest absolute Gasteiger partial charge is 0.338 e. The molecular formula is C20H23BrN4OS. The summed E-state index contributed by atoms with van der Waals surface area (Å²) >= 11 is 4.83. The highest BCUT2D eigenvalue weighted by molar-refractivity contribution is 9.10. The molecule has 0 aliphatic carbocycles. The molecule has 7 heteroatoms. The van der Waals surface area contributed by atoms with E-state index in [0.717, 1.165) is 35.0 Å². The Morgan fingerprint density at radius 3 is 2.85 bits per heavy atom. The van der Waals surface area contributed by atoms with Crippen molar-refractivity contribution in [2.24, 2.45) is 0 Å². The van der Waals surface area contributed by atoms with Crippen molar-refractivity contribution in [1.82, 2.24) is 10.2 Å². The molecular weight excluding hydrogens is 424 g/mol. The minimum absolute atomic E-state index is 0.254. The highest BCUT2D eigenvalue weighted by atomic mass is 79.9. The molecule has 0 radical (unpaired) electrons. The summed E-state index contributed by atoms with van der Waals surface area (Å²) in [6.45, 7) is 4.18. The highest BCUT2D eigenvalue weighted by Gasteiger charge is 2.15. The van der Waals surface area contributed by atoms with Gasteiger partial charge in [-0.05, 0) is 63.0 Å². The van der Waals surface area contributed by atoms with E-state index in [-0.39, 0.29) is 6.03 Å². The first-order valence-corrected chi connectivity index (χ1v) is 10.9. The number of anilines is 1. The molecule has 0 unspecified atom stereocenters. The average Bonchev–Trinajstić information content (AvgIpc) is 3.31. The fourth-order valence-corrected chi connectivity index (χ4v) is 4.56. The van der Waals surface area contributed by atoms with Gasteiger partial charge in [-0.3, -0.25) is 5.32 Å². The zero-order chi connectivity index (χ0) is 19.1. The number of nitrogens with zero attached hydrogens (tertiary/aromatic N) is 2. The number of nitrogens with one attached hydrogen (secondary N) is 2. The predicted molar refractivity (Wildman–Crippen MR) is 114 cm³/mol. The van der Waals surface area contributed by atoms with Crippen LogP contribution in [0.2, 0.25) is 0 Å². The second-order valence-electron chi connectivity index (χ2n) is 6.61. The van der Waals surface area contributed by atoms with Crippen molar-refractivity contribution < 1.29 is 4.79 Å². The summed E-state index contributed by atoms with van der Waals surface area (Å²) < 4.78 is 0.955. The maximum Gasteiger partial charge on any atom is 0.319 e. The molecule has 1 saturated heterocycles. The van der Waals surface area contributed by atoms with Crippen LogP contribution in [-0.2, 0) is 0 Å². The third-order valence-corrected chi connectivity index (χ3v) is 6.04. The molecule has 1 aromatic heterocycles. The number of rotatable bonds is 7.